The van der Waals surface area contributed by atoms with Gasteiger partial charge in [0, 0.05) is 0 Å². The SMILES string of the molecule is CCCCC[O][Bi]. The average Bonchev–Trinajstić information content (AvgIpc) is 1.69. The average molecular weight is 296 g/mol. The molecule has 0 rings (SSSR count). The molecule has 0 fully saturated rings. The summed E-state index contributed by atoms with van der Waals surface area (Å²) in [5.41, 5.74) is 0. The van der Waals surface area contributed by atoms with Crippen LogP contribution in [0.1, 0.15) is 26.2 Å². The Balaban J connectivity index is 2.45. The van der Waals surface area contributed by atoms with E-state index < -0.39 is 0 Å². The van der Waals surface area contributed by atoms with Crippen molar-refractivity contribution in [3.63, 3.8) is 0 Å². The van der Waals surface area contributed by atoms with Crippen molar-refractivity contribution in [2.45, 2.75) is 26.2 Å². The Morgan fingerprint density at radius 3 is 2.57 bits per heavy atom. The van der Waals surface area contributed by atoms with Crippen LogP contribution in [0.4, 0.5) is 0 Å². The van der Waals surface area contributed by atoms with E-state index in [4.69, 9.17) is 2.81 Å². The van der Waals surface area contributed by atoms with Crippen molar-refractivity contribution in [3.8, 4) is 0 Å². The molecule has 2 radical (unpaired) electrons. The van der Waals surface area contributed by atoms with E-state index in [1.54, 1.807) is 0 Å². The zero-order valence-corrected chi connectivity index (χ0v) is 8.16. The third-order valence-corrected chi connectivity index (χ3v) is 1.55. The van der Waals surface area contributed by atoms with Gasteiger partial charge in [0.05, 0.1) is 0 Å². The van der Waals surface area contributed by atoms with Crippen molar-refractivity contribution < 1.29 is 2.81 Å². The predicted octanol–water partition coefficient (Wildman–Crippen LogP) is 1.28. The zero-order valence-electron chi connectivity index (χ0n) is 4.68. The maximum atomic E-state index is 4.96. The molecule has 0 aromatic carbocycles. The maximum absolute atomic E-state index is 4.96. The molecule has 0 aliphatic carbocycles. The minimum atomic E-state index is 0.974. The first kappa shape index (κ1) is 7.84. The molecule has 0 N–H and O–H groups in total. The predicted molar refractivity (Wildman–Crippen MR) is 31.2 cm³/mol. The summed E-state index contributed by atoms with van der Waals surface area (Å²) in [6.45, 7) is 3.17. The van der Waals surface area contributed by atoms with E-state index in [9.17, 15) is 0 Å². The molecule has 0 amide bonds. The fourth-order valence-electron chi connectivity index (χ4n) is 0.417. The van der Waals surface area contributed by atoms with Gasteiger partial charge < -0.3 is 0 Å². The van der Waals surface area contributed by atoms with Crippen LogP contribution in [0.25, 0.3) is 0 Å². The summed E-state index contributed by atoms with van der Waals surface area (Å²) in [4.78, 5) is 0. The summed E-state index contributed by atoms with van der Waals surface area (Å²) in [7, 11) is 0. The van der Waals surface area contributed by atoms with E-state index in [1.165, 1.54) is 19.3 Å². The normalized spacial score (nSPS) is 9.43. The monoisotopic (exact) mass is 296 g/mol. The summed E-state index contributed by atoms with van der Waals surface area (Å²) < 4.78 is 4.96. The number of rotatable bonds is 4. The molecule has 7 heavy (non-hydrogen) atoms. The van der Waals surface area contributed by atoms with Crippen LogP contribution >= 0.6 is 0 Å². The molecule has 0 saturated heterocycles. The van der Waals surface area contributed by atoms with Crippen LogP contribution in [0.3, 0.4) is 0 Å². The van der Waals surface area contributed by atoms with Gasteiger partial charge in [0.1, 0.15) is 0 Å². The van der Waals surface area contributed by atoms with Gasteiger partial charge in [-0.05, 0) is 0 Å². The quantitative estimate of drug-likeness (QED) is 0.561. The molecular weight excluding hydrogens is 285 g/mol. The summed E-state index contributed by atoms with van der Waals surface area (Å²) in [6, 6.07) is 0. The van der Waals surface area contributed by atoms with Crippen molar-refractivity contribution in [1.82, 2.24) is 0 Å². The molecular formula is C5H11BiO. The summed E-state index contributed by atoms with van der Waals surface area (Å²) in [5.74, 6) is 0. The van der Waals surface area contributed by atoms with Crippen molar-refractivity contribution in [3.05, 3.63) is 0 Å². The molecule has 0 bridgehead atoms. The van der Waals surface area contributed by atoms with Gasteiger partial charge in [-0.1, -0.05) is 0 Å². The van der Waals surface area contributed by atoms with Crippen LogP contribution in [0, 0.1) is 0 Å². The van der Waals surface area contributed by atoms with Gasteiger partial charge in [-0.3, -0.25) is 0 Å². The second kappa shape index (κ2) is 6.84. The molecule has 2 heteroatoms. The van der Waals surface area contributed by atoms with Gasteiger partial charge in [-0.2, -0.15) is 0 Å². The molecule has 0 aromatic heterocycles. The molecule has 0 saturated carbocycles. The van der Waals surface area contributed by atoms with Crippen LogP contribution in [0.15, 0.2) is 0 Å². The third kappa shape index (κ3) is 6.84. The van der Waals surface area contributed by atoms with E-state index in [-0.39, 0.29) is 0 Å². The second-order valence-corrected chi connectivity index (χ2v) is 2.54. The van der Waals surface area contributed by atoms with E-state index >= 15 is 0 Å². The van der Waals surface area contributed by atoms with Crippen LogP contribution < -0.4 is 0 Å². The van der Waals surface area contributed by atoms with Crippen LogP contribution in [-0.4, -0.2) is 31.8 Å². The van der Waals surface area contributed by atoms with Crippen LogP contribution in [0.5, 0.6) is 0 Å². The first-order valence-corrected chi connectivity index (χ1v) is 4.10. The number of unbranched alkanes of at least 4 members (excludes halogenated alkanes) is 2. The first-order chi connectivity index (χ1) is 3.41. The first-order valence-electron chi connectivity index (χ1n) is 2.68. The van der Waals surface area contributed by atoms with Crippen molar-refractivity contribution in [2.24, 2.45) is 0 Å². The number of hydrogen-bond acceptors (Lipinski definition) is 1. The van der Waals surface area contributed by atoms with Gasteiger partial charge in [0.2, 0.25) is 0 Å². The van der Waals surface area contributed by atoms with Gasteiger partial charge in [0.25, 0.3) is 0 Å². The molecule has 0 spiro atoms. The summed E-state index contributed by atoms with van der Waals surface area (Å²) in [5, 5.41) is 0. The fourth-order valence-corrected chi connectivity index (χ4v) is 0.918. The van der Waals surface area contributed by atoms with E-state index in [2.05, 4.69) is 6.92 Å². The summed E-state index contributed by atoms with van der Waals surface area (Å²) >= 11 is 1.07. The van der Waals surface area contributed by atoms with Gasteiger partial charge in [-0.15, -0.1) is 0 Å². The summed E-state index contributed by atoms with van der Waals surface area (Å²) in [6.07, 6.45) is 3.85. The Hall–Kier alpha value is 0.843. The number of hydrogen-bond donors (Lipinski definition) is 0. The zero-order chi connectivity index (χ0) is 5.54. The fraction of sp³-hybridized carbons (Fsp3) is 1.00. The van der Waals surface area contributed by atoms with Gasteiger partial charge in [0.15, 0.2) is 0 Å². The molecule has 0 unspecified atom stereocenters. The van der Waals surface area contributed by atoms with E-state index in [0.29, 0.717) is 0 Å². The minimum absolute atomic E-state index is 0.974. The van der Waals surface area contributed by atoms with E-state index in [1.807, 2.05) is 0 Å². The Labute approximate surface area is 60.9 Å². The van der Waals surface area contributed by atoms with Crippen molar-refractivity contribution in [2.75, 3.05) is 6.61 Å². The Kier molecular flexibility index (Phi) is 7.67. The Bertz CT molecular complexity index is 27.3. The molecule has 0 heterocycles. The molecule has 0 aliphatic rings. The van der Waals surface area contributed by atoms with E-state index in [0.717, 1.165) is 31.8 Å². The van der Waals surface area contributed by atoms with Gasteiger partial charge in [-0.25, -0.2) is 0 Å². The Morgan fingerprint density at radius 1 is 1.43 bits per heavy atom. The molecule has 42 valence electrons. The standard InChI is InChI=1S/C5H11O.Bi/c1-2-3-4-5-6;/h2-5H2,1H3;/q-1;+1. The topological polar surface area (TPSA) is 9.23 Å². The van der Waals surface area contributed by atoms with Crippen LogP contribution in [-0.2, 0) is 2.81 Å². The molecule has 0 aromatic rings. The Morgan fingerprint density at radius 2 is 2.14 bits per heavy atom. The molecule has 0 aliphatic heterocycles. The van der Waals surface area contributed by atoms with Crippen molar-refractivity contribution >= 4 is 25.2 Å². The second-order valence-electron chi connectivity index (χ2n) is 1.54. The molecule has 1 nitrogen and oxygen atoms in total. The van der Waals surface area contributed by atoms with Gasteiger partial charge >= 0.3 is 60.8 Å². The molecule has 0 atom stereocenters. The third-order valence-electron chi connectivity index (χ3n) is 0.839. The van der Waals surface area contributed by atoms with Crippen molar-refractivity contribution in [1.29, 1.82) is 0 Å². The van der Waals surface area contributed by atoms with Crippen LogP contribution in [0.2, 0.25) is 0 Å².